The van der Waals surface area contributed by atoms with Gasteiger partial charge in [0.2, 0.25) is 15.9 Å². The summed E-state index contributed by atoms with van der Waals surface area (Å²) in [6.07, 6.45) is 0. The monoisotopic (exact) mass is 350 g/mol. The van der Waals surface area contributed by atoms with Gasteiger partial charge in [0, 0.05) is 5.69 Å². The Balaban J connectivity index is 2.06. The topological polar surface area (TPSA) is 133 Å². The minimum absolute atomic E-state index is 0.0268. The third-order valence-electron chi connectivity index (χ3n) is 2.98. The third kappa shape index (κ3) is 4.31. The van der Waals surface area contributed by atoms with Crippen molar-refractivity contribution in [3.63, 3.8) is 0 Å². The number of aromatic carboxylic acids is 1. The quantitative estimate of drug-likeness (QED) is 0.575. The Bertz CT molecular complexity index is 862. The summed E-state index contributed by atoms with van der Waals surface area (Å²) in [5.74, 6) is -2.00. The number of benzene rings is 2. The number of nitrogens with one attached hydrogen (secondary N) is 2. The van der Waals surface area contributed by atoms with Crippen molar-refractivity contribution in [2.45, 2.75) is 4.90 Å². The van der Waals surface area contributed by atoms with Gasteiger partial charge in [0.05, 0.1) is 17.0 Å². The van der Waals surface area contributed by atoms with Crippen molar-refractivity contribution in [3.05, 3.63) is 54.1 Å². The molecule has 24 heavy (non-hydrogen) atoms. The van der Waals surface area contributed by atoms with Gasteiger partial charge in [-0.25, -0.2) is 17.9 Å². The first-order chi connectivity index (χ1) is 11.3. The number of hydrogen-bond donors (Lipinski definition) is 4. The van der Waals surface area contributed by atoms with Crippen LogP contribution in [0.3, 0.4) is 0 Å². The summed E-state index contributed by atoms with van der Waals surface area (Å²) in [4.78, 5) is 22.4. The predicted molar refractivity (Wildman–Crippen MR) is 85.3 cm³/mol. The largest absolute Gasteiger partial charge is 0.508 e. The highest BCUT2D eigenvalue weighted by molar-refractivity contribution is 7.89. The maximum atomic E-state index is 12.2. The van der Waals surface area contributed by atoms with E-state index in [9.17, 15) is 18.0 Å². The van der Waals surface area contributed by atoms with Crippen molar-refractivity contribution in [2.75, 3.05) is 11.9 Å². The van der Waals surface area contributed by atoms with E-state index >= 15 is 0 Å². The van der Waals surface area contributed by atoms with Crippen LogP contribution in [0, 0.1) is 0 Å². The number of carbonyl (C=O) groups excluding carboxylic acids is 1. The molecule has 0 aromatic heterocycles. The second-order valence-electron chi connectivity index (χ2n) is 4.72. The number of sulfonamides is 1. The molecule has 9 heteroatoms. The number of hydrogen-bond acceptors (Lipinski definition) is 5. The van der Waals surface area contributed by atoms with Crippen molar-refractivity contribution in [3.8, 4) is 5.75 Å². The van der Waals surface area contributed by atoms with Crippen LogP contribution in [-0.4, -0.2) is 37.1 Å². The Kier molecular flexibility index (Phi) is 5.17. The Morgan fingerprint density at radius 3 is 2.25 bits per heavy atom. The van der Waals surface area contributed by atoms with Gasteiger partial charge < -0.3 is 15.5 Å². The molecule has 0 atom stereocenters. The molecule has 0 aliphatic rings. The molecule has 0 spiro atoms. The second-order valence-corrected chi connectivity index (χ2v) is 6.46. The van der Waals surface area contributed by atoms with Crippen LogP contribution >= 0.6 is 0 Å². The maximum Gasteiger partial charge on any atom is 0.337 e. The van der Waals surface area contributed by atoms with E-state index in [2.05, 4.69) is 5.32 Å². The van der Waals surface area contributed by atoms with E-state index < -0.39 is 33.3 Å². The Morgan fingerprint density at radius 1 is 1.00 bits per heavy atom. The minimum atomic E-state index is -4.16. The first-order valence-corrected chi connectivity index (χ1v) is 8.19. The highest BCUT2D eigenvalue weighted by atomic mass is 32.2. The molecular formula is C15H14N2O6S. The molecule has 0 saturated carbocycles. The lowest BCUT2D eigenvalue weighted by Gasteiger charge is -2.09. The van der Waals surface area contributed by atoms with Gasteiger partial charge in [0.15, 0.2) is 0 Å². The average molecular weight is 350 g/mol. The maximum absolute atomic E-state index is 12.2. The molecule has 2 aromatic rings. The lowest BCUT2D eigenvalue weighted by molar-refractivity contribution is -0.115. The van der Waals surface area contributed by atoms with Crippen molar-refractivity contribution in [1.29, 1.82) is 0 Å². The second kappa shape index (κ2) is 7.11. The molecule has 0 radical (unpaired) electrons. The molecule has 126 valence electrons. The number of anilines is 1. The standard InChI is InChI=1S/C15H14N2O6S/c18-11-7-5-10(6-8-11)17-14(19)9-16-24(22,23)13-4-2-1-3-12(13)15(20)21/h1-8,16,18H,9H2,(H,17,19)(H,20,21). The zero-order valence-corrected chi connectivity index (χ0v) is 13.1. The summed E-state index contributed by atoms with van der Waals surface area (Å²) in [5.41, 5.74) is -0.00752. The number of rotatable bonds is 6. The van der Waals surface area contributed by atoms with Crippen LogP contribution in [0.2, 0.25) is 0 Å². The van der Waals surface area contributed by atoms with E-state index in [1.165, 1.54) is 36.4 Å². The average Bonchev–Trinajstić information content (AvgIpc) is 2.55. The van der Waals surface area contributed by atoms with Crippen molar-refractivity contribution < 1.29 is 28.2 Å². The molecule has 1 amide bonds. The Morgan fingerprint density at radius 2 is 1.62 bits per heavy atom. The van der Waals surface area contributed by atoms with Crippen LogP contribution in [0.15, 0.2) is 53.4 Å². The fraction of sp³-hybridized carbons (Fsp3) is 0.0667. The summed E-state index contributed by atoms with van der Waals surface area (Å²) >= 11 is 0. The molecule has 2 rings (SSSR count). The predicted octanol–water partition coefficient (Wildman–Crippen LogP) is 1.01. The fourth-order valence-electron chi connectivity index (χ4n) is 1.87. The molecular weight excluding hydrogens is 336 g/mol. The number of phenols is 1. The first-order valence-electron chi connectivity index (χ1n) is 6.70. The molecule has 0 aliphatic heterocycles. The summed E-state index contributed by atoms with van der Waals surface area (Å²) in [5, 5.41) is 20.6. The van der Waals surface area contributed by atoms with E-state index in [-0.39, 0.29) is 11.3 Å². The van der Waals surface area contributed by atoms with Gasteiger partial charge >= 0.3 is 5.97 Å². The highest BCUT2D eigenvalue weighted by Gasteiger charge is 2.22. The lowest BCUT2D eigenvalue weighted by atomic mass is 10.2. The Labute approximate surface area is 137 Å². The molecule has 0 saturated heterocycles. The number of amides is 1. The Hall–Kier alpha value is -2.91. The fourth-order valence-corrected chi connectivity index (χ4v) is 3.05. The number of carboxylic acid groups (broad SMARTS) is 1. The number of carboxylic acids is 1. The summed E-state index contributed by atoms with van der Waals surface area (Å²) in [6.45, 7) is -0.572. The SMILES string of the molecule is O=C(CNS(=O)(=O)c1ccccc1C(=O)O)Nc1ccc(O)cc1. The van der Waals surface area contributed by atoms with Gasteiger partial charge in [-0.3, -0.25) is 4.79 Å². The van der Waals surface area contributed by atoms with E-state index in [0.717, 1.165) is 12.1 Å². The van der Waals surface area contributed by atoms with Gasteiger partial charge in [0.25, 0.3) is 0 Å². The third-order valence-corrected chi connectivity index (χ3v) is 4.44. The van der Waals surface area contributed by atoms with E-state index in [4.69, 9.17) is 10.2 Å². The zero-order valence-electron chi connectivity index (χ0n) is 12.3. The summed E-state index contributed by atoms with van der Waals surface area (Å²) < 4.78 is 26.4. The van der Waals surface area contributed by atoms with Crippen LogP contribution in [0.5, 0.6) is 5.75 Å². The molecule has 0 bridgehead atoms. The molecule has 0 unspecified atom stereocenters. The molecule has 0 heterocycles. The molecule has 8 nitrogen and oxygen atoms in total. The van der Waals surface area contributed by atoms with Gasteiger partial charge in [-0.05, 0) is 36.4 Å². The van der Waals surface area contributed by atoms with E-state index in [1.807, 2.05) is 4.72 Å². The highest BCUT2D eigenvalue weighted by Crippen LogP contribution is 2.16. The summed E-state index contributed by atoms with van der Waals surface area (Å²) in [6, 6.07) is 10.7. The molecule has 4 N–H and O–H groups in total. The number of phenolic OH excluding ortho intramolecular Hbond substituents is 1. The minimum Gasteiger partial charge on any atom is -0.508 e. The summed E-state index contributed by atoms with van der Waals surface area (Å²) in [7, 11) is -4.16. The number of carbonyl (C=O) groups is 2. The molecule has 2 aromatic carbocycles. The van der Waals surface area contributed by atoms with Crippen molar-refractivity contribution >= 4 is 27.6 Å². The van der Waals surface area contributed by atoms with Gasteiger partial charge in [-0.2, -0.15) is 0 Å². The van der Waals surface area contributed by atoms with Gasteiger partial charge in [-0.1, -0.05) is 12.1 Å². The van der Waals surface area contributed by atoms with Crippen LogP contribution in [-0.2, 0) is 14.8 Å². The van der Waals surface area contributed by atoms with E-state index in [0.29, 0.717) is 5.69 Å². The van der Waals surface area contributed by atoms with Crippen molar-refractivity contribution in [1.82, 2.24) is 4.72 Å². The van der Waals surface area contributed by atoms with Crippen LogP contribution in [0.4, 0.5) is 5.69 Å². The lowest BCUT2D eigenvalue weighted by Crippen LogP contribution is -2.33. The van der Waals surface area contributed by atoms with E-state index in [1.54, 1.807) is 0 Å². The van der Waals surface area contributed by atoms with Gasteiger partial charge in [-0.15, -0.1) is 0 Å². The van der Waals surface area contributed by atoms with Crippen LogP contribution in [0.25, 0.3) is 0 Å². The molecule has 0 fully saturated rings. The molecule has 0 aliphatic carbocycles. The smallest absolute Gasteiger partial charge is 0.337 e. The van der Waals surface area contributed by atoms with Crippen LogP contribution in [0.1, 0.15) is 10.4 Å². The number of aromatic hydroxyl groups is 1. The van der Waals surface area contributed by atoms with Crippen molar-refractivity contribution in [2.24, 2.45) is 0 Å². The normalized spacial score (nSPS) is 11.0. The van der Waals surface area contributed by atoms with Crippen LogP contribution < -0.4 is 10.0 Å². The zero-order chi connectivity index (χ0) is 17.7. The first kappa shape index (κ1) is 17.4. The van der Waals surface area contributed by atoms with Gasteiger partial charge in [0.1, 0.15) is 5.75 Å².